The number of fused-ring (bicyclic) bond motifs is 2. The van der Waals surface area contributed by atoms with Crippen LogP contribution in [0.3, 0.4) is 0 Å². The van der Waals surface area contributed by atoms with Crippen LogP contribution in [0.4, 0.5) is 10.5 Å². The fourth-order valence-corrected chi connectivity index (χ4v) is 10.7. The van der Waals surface area contributed by atoms with Crippen molar-refractivity contribution in [3.8, 4) is 0 Å². The van der Waals surface area contributed by atoms with Gasteiger partial charge in [0.15, 0.2) is 15.6 Å². The van der Waals surface area contributed by atoms with Crippen molar-refractivity contribution in [3.05, 3.63) is 63.7 Å². The van der Waals surface area contributed by atoms with Gasteiger partial charge in [0.05, 0.1) is 16.1 Å². The number of sulfone groups is 1. The SMILES string of the molecule is CC1(C)S[C@@H]2[C@H](NC(=O)C(NC(=O)OCc3ccc([N+](=O)[O-])cc3)C3=CCC(=O)C=C3)C(=O)N2[C@H]1C(=O)OCOC(=O)[C@@H]1N2C(=O)C[C@H]2S(=O)(=O)C1(C)C. The summed E-state index contributed by atoms with van der Waals surface area (Å²) >= 11 is 1.19. The third-order valence-electron chi connectivity index (χ3n) is 9.94. The molecule has 0 spiro atoms. The molecule has 0 bridgehead atoms. The number of hydrogen-bond acceptors (Lipinski definition) is 15. The molecule has 4 saturated heterocycles. The molecule has 1 aromatic carbocycles. The van der Waals surface area contributed by atoms with E-state index in [2.05, 4.69) is 10.6 Å². The molecule has 2 N–H and O–H groups in total. The molecule has 0 radical (unpaired) electrons. The molecule has 1 unspecified atom stereocenters. The number of carbonyl (C=O) groups is 7. The van der Waals surface area contributed by atoms with Crippen LogP contribution in [0.5, 0.6) is 0 Å². The molecule has 5 aliphatic rings. The third kappa shape index (κ3) is 6.58. The zero-order chi connectivity index (χ0) is 39.5. The highest BCUT2D eigenvalue weighted by molar-refractivity contribution is 8.01. The second-order valence-corrected chi connectivity index (χ2v) is 18.5. The van der Waals surface area contributed by atoms with E-state index in [0.29, 0.717) is 5.56 Å². The minimum atomic E-state index is -3.87. The Balaban J connectivity index is 1.07. The Morgan fingerprint density at radius 2 is 1.63 bits per heavy atom. The summed E-state index contributed by atoms with van der Waals surface area (Å²) < 4.78 is 38.6. The van der Waals surface area contributed by atoms with Crippen LogP contribution in [0.2, 0.25) is 0 Å². The Hall–Kier alpha value is -5.31. The first kappa shape index (κ1) is 38.4. The number of carbonyl (C=O) groups excluding carboxylic acids is 7. The van der Waals surface area contributed by atoms with Crippen molar-refractivity contribution in [2.75, 3.05) is 6.79 Å². The molecule has 19 nitrogen and oxygen atoms in total. The van der Waals surface area contributed by atoms with Gasteiger partial charge in [0.1, 0.15) is 41.5 Å². The number of rotatable bonds is 11. The number of nitrogens with one attached hydrogen (secondary N) is 2. The zero-order valence-electron chi connectivity index (χ0n) is 29.2. The molecule has 21 heteroatoms. The van der Waals surface area contributed by atoms with Gasteiger partial charge < -0.3 is 34.6 Å². The Morgan fingerprint density at radius 3 is 2.22 bits per heavy atom. The molecule has 0 saturated carbocycles. The topological polar surface area (TPSA) is 255 Å². The van der Waals surface area contributed by atoms with E-state index in [1.807, 2.05) is 0 Å². The predicted molar refractivity (Wildman–Crippen MR) is 184 cm³/mol. The molecule has 54 heavy (non-hydrogen) atoms. The smallest absolute Gasteiger partial charge is 0.408 e. The zero-order valence-corrected chi connectivity index (χ0v) is 30.8. The van der Waals surface area contributed by atoms with E-state index < -0.39 is 102 Å². The van der Waals surface area contributed by atoms with Crippen LogP contribution in [-0.2, 0) is 59.4 Å². The van der Waals surface area contributed by atoms with Crippen LogP contribution >= 0.6 is 11.8 Å². The van der Waals surface area contributed by atoms with Gasteiger partial charge in [0.2, 0.25) is 24.5 Å². The Morgan fingerprint density at radius 1 is 0.981 bits per heavy atom. The minimum Gasteiger partial charge on any atom is -0.445 e. The van der Waals surface area contributed by atoms with Crippen molar-refractivity contribution >= 4 is 68.8 Å². The van der Waals surface area contributed by atoms with Crippen LogP contribution in [0.1, 0.15) is 46.1 Å². The lowest BCUT2D eigenvalue weighted by Crippen LogP contribution is -2.71. The van der Waals surface area contributed by atoms with Crippen LogP contribution in [0.25, 0.3) is 0 Å². The molecule has 288 valence electrons. The number of nitro benzene ring substituents is 1. The highest BCUT2D eigenvalue weighted by Gasteiger charge is 2.68. The third-order valence-corrected chi connectivity index (χ3v) is 14.3. The first-order valence-electron chi connectivity index (χ1n) is 16.5. The van der Waals surface area contributed by atoms with E-state index in [9.17, 15) is 52.1 Å². The standard InChI is InChI=1S/C33H35N5O14S2/c1-32(2)24(29(43)51-15-52-30(44)25-33(3,4)54(48,49)21-13-20(40)36(21)25)37-27(42)23(28(37)53-32)34-26(41)22(17-7-11-19(39)12-8-17)35-31(45)50-14-16-5-9-18(10-6-16)38(46)47/h5-11,21-25,28H,12-15H2,1-4H3,(H,34,41)(H,35,45)/t21-,22?,23-,24+,25+,28-/m1/s1. The highest BCUT2D eigenvalue weighted by Crippen LogP contribution is 2.51. The number of nitro groups is 1. The lowest BCUT2D eigenvalue weighted by molar-refractivity contribution is -0.384. The summed E-state index contributed by atoms with van der Waals surface area (Å²) in [5, 5.41) is 14.1. The van der Waals surface area contributed by atoms with Crippen molar-refractivity contribution < 1.29 is 61.1 Å². The molecule has 4 aliphatic heterocycles. The van der Waals surface area contributed by atoms with Gasteiger partial charge in [0.25, 0.3) is 5.69 Å². The summed E-state index contributed by atoms with van der Waals surface area (Å²) in [5.41, 5.74) is 0.517. The lowest BCUT2D eigenvalue weighted by Gasteiger charge is -2.44. The average molecular weight is 790 g/mol. The number of thioether (sulfide) groups is 1. The van der Waals surface area contributed by atoms with Crippen molar-refractivity contribution in [1.29, 1.82) is 0 Å². The Bertz CT molecular complexity index is 2030. The first-order valence-corrected chi connectivity index (χ1v) is 18.9. The normalized spacial score (nSPS) is 27.3. The van der Waals surface area contributed by atoms with Crippen LogP contribution in [0, 0.1) is 10.1 Å². The van der Waals surface area contributed by atoms with Crippen LogP contribution in [0.15, 0.2) is 48.1 Å². The van der Waals surface area contributed by atoms with Crippen molar-refractivity contribution in [2.24, 2.45) is 0 Å². The van der Waals surface area contributed by atoms with Crippen LogP contribution < -0.4 is 10.6 Å². The van der Waals surface area contributed by atoms with Gasteiger partial charge in [-0.1, -0.05) is 12.2 Å². The number of esters is 2. The number of ether oxygens (including phenoxy) is 3. The van der Waals surface area contributed by atoms with Crippen molar-refractivity contribution in [3.63, 3.8) is 0 Å². The summed E-state index contributed by atoms with van der Waals surface area (Å²) in [7, 11) is -3.87. The summed E-state index contributed by atoms with van der Waals surface area (Å²) in [4.78, 5) is 103. The van der Waals surface area contributed by atoms with Gasteiger partial charge in [-0.15, -0.1) is 11.8 Å². The molecule has 4 fully saturated rings. The van der Waals surface area contributed by atoms with Gasteiger partial charge in [0, 0.05) is 23.3 Å². The van der Waals surface area contributed by atoms with Gasteiger partial charge in [-0.05, 0) is 57.0 Å². The van der Waals surface area contributed by atoms with Gasteiger partial charge >= 0.3 is 18.0 Å². The Labute approximate surface area is 311 Å². The maximum absolute atomic E-state index is 13.6. The molecular formula is C33H35N5O14S2. The van der Waals surface area contributed by atoms with Crippen molar-refractivity contribution in [1.82, 2.24) is 20.4 Å². The molecule has 1 aliphatic carbocycles. The van der Waals surface area contributed by atoms with E-state index in [-0.39, 0.29) is 36.5 Å². The van der Waals surface area contributed by atoms with E-state index in [1.165, 1.54) is 73.0 Å². The first-order chi connectivity index (χ1) is 25.3. The predicted octanol–water partition coefficient (Wildman–Crippen LogP) is 0.370. The molecule has 4 amide bonds. The molecular weight excluding hydrogens is 755 g/mol. The van der Waals surface area contributed by atoms with Crippen molar-refractivity contribution in [2.45, 2.75) is 91.6 Å². The molecule has 6 atom stereocenters. The fourth-order valence-electron chi connectivity index (χ4n) is 6.96. The van der Waals surface area contributed by atoms with E-state index in [0.717, 1.165) is 4.90 Å². The summed E-state index contributed by atoms with van der Waals surface area (Å²) in [6.45, 7) is 4.76. The Kier molecular flexibility index (Phi) is 9.84. The quantitative estimate of drug-likeness (QED) is 0.101. The maximum Gasteiger partial charge on any atom is 0.408 e. The second-order valence-electron chi connectivity index (χ2n) is 14.1. The molecule has 0 aromatic heterocycles. The minimum absolute atomic E-state index is 0.0501. The largest absolute Gasteiger partial charge is 0.445 e. The van der Waals surface area contributed by atoms with Gasteiger partial charge in [-0.3, -0.25) is 29.3 Å². The number of benzene rings is 1. The number of nitrogens with zero attached hydrogens (tertiary/aromatic N) is 3. The van der Waals surface area contributed by atoms with Gasteiger partial charge in [-0.25, -0.2) is 22.8 Å². The summed E-state index contributed by atoms with van der Waals surface area (Å²) in [6.07, 6.45) is 2.70. The summed E-state index contributed by atoms with van der Waals surface area (Å²) in [5.74, 6) is -4.23. The number of non-ortho nitro benzene ring substituents is 1. The number of β-lactam (4-membered cyclic amide) rings is 2. The average Bonchev–Trinajstić information content (AvgIpc) is 3.43. The van der Waals surface area contributed by atoms with Crippen LogP contribution in [-0.4, -0.2) is 116 Å². The van der Waals surface area contributed by atoms with E-state index in [1.54, 1.807) is 13.8 Å². The number of hydrogen-bond donors (Lipinski definition) is 2. The monoisotopic (exact) mass is 789 g/mol. The molecule has 4 heterocycles. The lowest BCUT2D eigenvalue weighted by atomic mass is 9.95. The molecule has 1 aromatic rings. The molecule has 6 rings (SSSR count). The fraction of sp³-hybridized carbons (Fsp3) is 0.485. The second kappa shape index (κ2) is 13.8. The van der Waals surface area contributed by atoms with Gasteiger partial charge in [-0.2, -0.15) is 0 Å². The maximum atomic E-state index is 13.6. The number of amides is 4. The van der Waals surface area contributed by atoms with E-state index >= 15 is 0 Å². The highest BCUT2D eigenvalue weighted by atomic mass is 32.2. The number of alkyl carbamates (subject to hydrolysis) is 1. The van der Waals surface area contributed by atoms with E-state index in [4.69, 9.17) is 14.2 Å². The number of ketones is 1. The number of allylic oxidation sites excluding steroid dienone is 2. The summed E-state index contributed by atoms with van der Waals surface area (Å²) in [6, 6.07) is 0.102.